The average Bonchev–Trinajstić information content (AvgIpc) is 2.66. The van der Waals surface area contributed by atoms with E-state index in [9.17, 15) is 18.0 Å². The number of alkyl halides is 3. The van der Waals surface area contributed by atoms with E-state index in [2.05, 4.69) is 4.98 Å². The summed E-state index contributed by atoms with van der Waals surface area (Å²) in [7, 11) is 4.54. The Kier molecular flexibility index (Phi) is 5.50. The van der Waals surface area contributed by atoms with Gasteiger partial charge in [0.25, 0.3) is 5.56 Å². The van der Waals surface area contributed by atoms with Gasteiger partial charge >= 0.3 is 6.18 Å². The summed E-state index contributed by atoms with van der Waals surface area (Å²) in [5, 5.41) is 0. The summed E-state index contributed by atoms with van der Waals surface area (Å²) in [4.78, 5) is 19.5. The number of H-pyrrole nitrogens is 1. The van der Waals surface area contributed by atoms with E-state index >= 15 is 0 Å². The summed E-state index contributed by atoms with van der Waals surface area (Å²) < 4.78 is 54.5. The van der Waals surface area contributed by atoms with Crippen LogP contribution in [-0.4, -0.2) is 42.7 Å². The number of nitrogens with one attached hydrogen (secondary N) is 1. The quantitative estimate of drug-likeness (QED) is 0.832. The summed E-state index contributed by atoms with van der Waals surface area (Å²) in [6, 6.07) is 3.60. The fourth-order valence-corrected chi connectivity index (χ4v) is 3.24. The third-order valence-electron chi connectivity index (χ3n) is 4.55. The molecule has 1 aromatic heterocycles. The maximum absolute atomic E-state index is 12.8. The highest BCUT2D eigenvalue weighted by Gasteiger charge is 2.36. The van der Waals surface area contributed by atoms with Crippen LogP contribution in [0, 0.1) is 0 Å². The molecule has 10 heteroatoms. The molecule has 1 N–H and O–H groups in total. The van der Waals surface area contributed by atoms with E-state index < -0.39 is 17.6 Å². The highest BCUT2D eigenvalue weighted by molar-refractivity contribution is 5.53. The van der Waals surface area contributed by atoms with Crippen molar-refractivity contribution in [3.63, 3.8) is 0 Å². The molecule has 1 aliphatic rings. The van der Waals surface area contributed by atoms with Gasteiger partial charge < -0.3 is 19.2 Å². The molecule has 0 bridgehead atoms. The minimum Gasteiger partial charge on any atom is -0.493 e. The van der Waals surface area contributed by atoms with E-state index in [4.69, 9.17) is 14.2 Å². The minimum atomic E-state index is -4.68. The zero-order chi connectivity index (χ0) is 20.5. The molecule has 0 spiro atoms. The topological polar surface area (TPSA) is 76.7 Å². The Hall–Kier alpha value is -2.75. The second-order valence-electron chi connectivity index (χ2n) is 6.33. The number of aromatic nitrogens is 2. The molecular formula is C18H20F3N3O4. The van der Waals surface area contributed by atoms with E-state index in [1.807, 2.05) is 9.88 Å². The van der Waals surface area contributed by atoms with Crippen LogP contribution >= 0.6 is 0 Å². The molecule has 2 heterocycles. The van der Waals surface area contributed by atoms with Gasteiger partial charge in [0.1, 0.15) is 0 Å². The Morgan fingerprint density at radius 1 is 1.14 bits per heavy atom. The predicted molar refractivity (Wildman–Crippen MR) is 93.8 cm³/mol. The normalized spacial score (nSPS) is 14.5. The summed E-state index contributed by atoms with van der Waals surface area (Å²) in [6.45, 7) is 1.13. The lowest BCUT2D eigenvalue weighted by Gasteiger charge is -2.28. The highest BCUT2D eigenvalue weighted by atomic mass is 19.4. The van der Waals surface area contributed by atoms with E-state index in [-0.39, 0.29) is 24.2 Å². The van der Waals surface area contributed by atoms with E-state index in [0.29, 0.717) is 30.3 Å². The minimum absolute atomic E-state index is 0.192. The zero-order valence-electron chi connectivity index (χ0n) is 15.6. The van der Waals surface area contributed by atoms with Crippen LogP contribution in [0.4, 0.5) is 13.2 Å². The van der Waals surface area contributed by atoms with Gasteiger partial charge in [-0.25, -0.2) is 4.98 Å². The maximum atomic E-state index is 12.8. The molecule has 0 saturated heterocycles. The summed E-state index contributed by atoms with van der Waals surface area (Å²) in [6.07, 6.45) is -4.42. The van der Waals surface area contributed by atoms with Crippen molar-refractivity contribution in [2.45, 2.75) is 25.7 Å². The number of ether oxygens (including phenoxy) is 3. The van der Waals surface area contributed by atoms with Gasteiger partial charge in [0, 0.05) is 26.1 Å². The van der Waals surface area contributed by atoms with Crippen LogP contribution in [-0.2, 0) is 25.7 Å². The Morgan fingerprint density at radius 2 is 1.79 bits per heavy atom. The summed E-state index contributed by atoms with van der Waals surface area (Å²) in [5.74, 6) is 0.222. The smallest absolute Gasteiger partial charge is 0.449 e. The molecule has 0 aliphatic carbocycles. The standard InChI is InChI=1S/C18H20F3N3O4/c1-26-13-6-10(7-14(27-2)15(13)28-3)8-24-5-4-12-11(9-24)16(25)23-17(22-12)18(19,20)21/h6-7H,4-5,8-9H2,1-3H3,(H,22,23,25). The third kappa shape index (κ3) is 3.91. The van der Waals surface area contributed by atoms with Gasteiger partial charge in [-0.05, 0) is 17.7 Å². The SMILES string of the molecule is COc1cc(CN2CCc3nc(C(F)(F)F)[nH]c(=O)c3C2)cc(OC)c1OC. The molecule has 28 heavy (non-hydrogen) atoms. The van der Waals surface area contributed by atoms with E-state index in [0.717, 1.165) is 5.56 Å². The lowest BCUT2D eigenvalue weighted by atomic mass is 10.1. The van der Waals surface area contributed by atoms with Gasteiger partial charge in [-0.1, -0.05) is 0 Å². The number of halogens is 3. The lowest BCUT2D eigenvalue weighted by Crippen LogP contribution is -2.36. The van der Waals surface area contributed by atoms with Crippen LogP contribution in [0.3, 0.4) is 0 Å². The van der Waals surface area contributed by atoms with Crippen molar-refractivity contribution in [1.82, 2.24) is 14.9 Å². The Balaban J connectivity index is 1.85. The Morgan fingerprint density at radius 3 is 2.32 bits per heavy atom. The molecule has 0 radical (unpaired) electrons. The van der Waals surface area contributed by atoms with Crippen LogP contribution in [0.5, 0.6) is 17.2 Å². The number of rotatable bonds is 5. The second-order valence-corrected chi connectivity index (χ2v) is 6.33. The molecule has 2 aromatic rings. The van der Waals surface area contributed by atoms with Gasteiger partial charge in [0.2, 0.25) is 11.6 Å². The first kappa shape index (κ1) is 20.0. The van der Waals surface area contributed by atoms with Crippen LogP contribution in [0.15, 0.2) is 16.9 Å². The van der Waals surface area contributed by atoms with E-state index in [1.54, 1.807) is 12.1 Å². The summed E-state index contributed by atoms with van der Waals surface area (Å²) >= 11 is 0. The van der Waals surface area contributed by atoms with E-state index in [1.165, 1.54) is 21.3 Å². The largest absolute Gasteiger partial charge is 0.493 e. The number of aromatic amines is 1. The molecule has 0 amide bonds. The molecule has 1 aromatic carbocycles. The van der Waals surface area contributed by atoms with Crippen molar-refractivity contribution in [3.05, 3.63) is 45.1 Å². The number of hydrogen-bond donors (Lipinski definition) is 1. The molecular weight excluding hydrogens is 379 g/mol. The van der Waals surface area contributed by atoms with Crippen molar-refractivity contribution in [2.75, 3.05) is 27.9 Å². The fourth-order valence-electron chi connectivity index (χ4n) is 3.24. The molecule has 0 unspecified atom stereocenters. The number of nitrogens with zero attached hydrogens (tertiary/aromatic N) is 2. The van der Waals surface area contributed by atoms with Crippen molar-refractivity contribution >= 4 is 0 Å². The molecule has 7 nitrogen and oxygen atoms in total. The first-order valence-electron chi connectivity index (χ1n) is 8.47. The maximum Gasteiger partial charge on any atom is 0.449 e. The van der Waals surface area contributed by atoms with Crippen molar-refractivity contribution in [2.24, 2.45) is 0 Å². The first-order valence-corrected chi connectivity index (χ1v) is 8.47. The van der Waals surface area contributed by atoms with Crippen molar-refractivity contribution in [3.8, 4) is 17.2 Å². The fraction of sp³-hybridized carbons (Fsp3) is 0.444. The molecule has 0 saturated carbocycles. The second kappa shape index (κ2) is 7.70. The monoisotopic (exact) mass is 399 g/mol. The number of fused-ring (bicyclic) bond motifs is 1. The number of hydrogen-bond acceptors (Lipinski definition) is 6. The van der Waals surface area contributed by atoms with Crippen LogP contribution < -0.4 is 19.8 Å². The van der Waals surface area contributed by atoms with Gasteiger partial charge in [-0.15, -0.1) is 0 Å². The van der Waals surface area contributed by atoms with Gasteiger partial charge in [-0.3, -0.25) is 9.69 Å². The van der Waals surface area contributed by atoms with Crippen molar-refractivity contribution in [1.29, 1.82) is 0 Å². The Labute approximate surface area is 159 Å². The van der Waals surface area contributed by atoms with Gasteiger partial charge in [0.05, 0.1) is 32.6 Å². The highest BCUT2D eigenvalue weighted by Crippen LogP contribution is 2.38. The molecule has 152 valence electrons. The van der Waals surface area contributed by atoms with Gasteiger partial charge in [-0.2, -0.15) is 13.2 Å². The van der Waals surface area contributed by atoms with Crippen LogP contribution in [0.2, 0.25) is 0 Å². The Bertz CT molecular complexity index is 902. The predicted octanol–water partition coefficient (Wildman–Crippen LogP) is 2.37. The lowest BCUT2D eigenvalue weighted by molar-refractivity contribution is -0.145. The first-order chi connectivity index (χ1) is 13.3. The number of benzene rings is 1. The van der Waals surface area contributed by atoms with Crippen LogP contribution in [0.1, 0.15) is 22.6 Å². The third-order valence-corrected chi connectivity index (χ3v) is 4.55. The van der Waals surface area contributed by atoms with Crippen LogP contribution in [0.25, 0.3) is 0 Å². The molecule has 1 aliphatic heterocycles. The summed E-state index contributed by atoms with van der Waals surface area (Å²) in [5.41, 5.74) is 0.546. The molecule has 0 atom stereocenters. The number of methoxy groups -OCH3 is 3. The zero-order valence-corrected chi connectivity index (χ0v) is 15.6. The van der Waals surface area contributed by atoms with Gasteiger partial charge in [0.15, 0.2) is 11.5 Å². The average molecular weight is 399 g/mol. The molecule has 0 fully saturated rings. The molecule has 3 rings (SSSR count). The van der Waals surface area contributed by atoms with Crippen molar-refractivity contribution < 1.29 is 27.4 Å².